The molecule has 0 spiro atoms. The van der Waals surface area contributed by atoms with Crippen molar-refractivity contribution in [2.45, 2.75) is 19.4 Å². The molecular formula is C11H14ClN3O2. The van der Waals surface area contributed by atoms with Crippen LogP contribution in [0.25, 0.3) is 0 Å². The molecule has 0 fully saturated rings. The molecule has 0 aromatic heterocycles. The Labute approximate surface area is 104 Å². The van der Waals surface area contributed by atoms with Gasteiger partial charge in [-0.25, -0.2) is 4.79 Å². The van der Waals surface area contributed by atoms with Gasteiger partial charge in [0, 0.05) is 23.2 Å². The van der Waals surface area contributed by atoms with Gasteiger partial charge in [0.25, 0.3) is 0 Å². The Hall–Kier alpha value is -1.75. The summed E-state index contributed by atoms with van der Waals surface area (Å²) in [5.41, 5.74) is 5.64. The summed E-state index contributed by atoms with van der Waals surface area (Å²) in [6.45, 7) is 1.70. The summed E-state index contributed by atoms with van der Waals surface area (Å²) in [5.74, 6) is -0.454. The van der Waals surface area contributed by atoms with Gasteiger partial charge < -0.3 is 16.4 Å². The first-order valence-corrected chi connectivity index (χ1v) is 5.46. The van der Waals surface area contributed by atoms with Gasteiger partial charge in [0.2, 0.25) is 5.91 Å². The summed E-state index contributed by atoms with van der Waals surface area (Å²) in [6, 6.07) is 6.01. The van der Waals surface area contributed by atoms with E-state index in [2.05, 4.69) is 10.6 Å². The third kappa shape index (κ3) is 5.21. The van der Waals surface area contributed by atoms with E-state index in [1.807, 2.05) is 0 Å². The molecule has 4 N–H and O–H groups in total. The van der Waals surface area contributed by atoms with Gasteiger partial charge >= 0.3 is 6.03 Å². The zero-order valence-corrected chi connectivity index (χ0v) is 10.1. The van der Waals surface area contributed by atoms with E-state index in [9.17, 15) is 9.59 Å². The van der Waals surface area contributed by atoms with E-state index in [1.165, 1.54) is 0 Å². The van der Waals surface area contributed by atoms with Crippen LogP contribution in [0.1, 0.15) is 13.3 Å². The van der Waals surface area contributed by atoms with Crippen molar-refractivity contribution in [1.29, 1.82) is 0 Å². The standard InChI is InChI=1S/C11H14ClN3O2/c1-7(6-10(13)16)14-11(17)15-9-4-2-8(12)3-5-9/h2-5,7H,6H2,1H3,(H2,13,16)(H2,14,15,17). The highest BCUT2D eigenvalue weighted by Crippen LogP contribution is 2.13. The van der Waals surface area contributed by atoms with Crippen LogP contribution < -0.4 is 16.4 Å². The fourth-order valence-electron chi connectivity index (χ4n) is 1.28. The summed E-state index contributed by atoms with van der Waals surface area (Å²) in [4.78, 5) is 22.1. The Bertz CT molecular complexity index is 406. The minimum absolute atomic E-state index is 0.105. The summed E-state index contributed by atoms with van der Waals surface area (Å²) < 4.78 is 0. The summed E-state index contributed by atoms with van der Waals surface area (Å²) in [6.07, 6.45) is 0.105. The molecule has 0 aliphatic carbocycles. The SMILES string of the molecule is CC(CC(N)=O)NC(=O)Nc1ccc(Cl)cc1. The average molecular weight is 256 g/mol. The molecule has 0 heterocycles. The monoisotopic (exact) mass is 255 g/mol. The van der Waals surface area contributed by atoms with E-state index in [0.717, 1.165) is 0 Å². The van der Waals surface area contributed by atoms with Gasteiger partial charge in [-0.3, -0.25) is 4.79 Å². The number of primary amides is 1. The highest BCUT2D eigenvalue weighted by Gasteiger charge is 2.09. The van der Waals surface area contributed by atoms with Crippen LogP contribution in [0.2, 0.25) is 5.02 Å². The number of nitrogens with two attached hydrogens (primary N) is 1. The van der Waals surface area contributed by atoms with Gasteiger partial charge in [-0.05, 0) is 31.2 Å². The molecule has 92 valence electrons. The van der Waals surface area contributed by atoms with E-state index in [0.29, 0.717) is 10.7 Å². The molecule has 1 unspecified atom stereocenters. The lowest BCUT2D eigenvalue weighted by molar-refractivity contribution is -0.118. The molecule has 1 atom stereocenters. The maximum atomic E-state index is 11.5. The number of benzene rings is 1. The predicted octanol–water partition coefficient (Wildman–Crippen LogP) is 1.73. The number of carbonyl (C=O) groups is 2. The highest BCUT2D eigenvalue weighted by atomic mass is 35.5. The van der Waals surface area contributed by atoms with Crippen LogP contribution in [-0.2, 0) is 4.79 Å². The smallest absolute Gasteiger partial charge is 0.319 e. The minimum atomic E-state index is -0.454. The van der Waals surface area contributed by atoms with Crippen molar-refractivity contribution >= 4 is 29.2 Å². The molecule has 0 bridgehead atoms. The van der Waals surface area contributed by atoms with Crippen LogP contribution in [0.4, 0.5) is 10.5 Å². The Balaban J connectivity index is 2.44. The summed E-state index contributed by atoms with van der Waals surface area (Å²) in [7, 11) is 0. The Kier molecular flexibility index (Phi) is 4.78. The first-order chi connectivity index (χ1) is 7.97. The number of hydrogen-bond acceptors (Lipinski definition) is 2. The molecule has 0 saturated carbocycles. The molecule has 17 heavy (non-hydrogen) atoms. The number of halogens is 1. The molecule has 0 aliphatic heterocycles. The van der Waals surface area contributed by atoms with Crippen LogP contribution in [-0.4, -0.2) is 18.0 Å². The van der Waals surface area contributed by atoms with Gasteiger partial charge in [0.05, 0.1) is 0 Å². The van der Waals surface area contributed by atoms with Crippen LogP contribution in [0.5, 0.6) is 0 Å². The van der Waals surface area contributed by atoms with Gasteiger partial charge in [-0.1, -0.05) is 11.6 Å². The number of amides is 3. The largest absolute Gasteiger partial charge is 0.370 e. The third-order valence-corrected chi connectivity index (χ3v) is 2.24. The zero-order valence-electron chi connectivity index (χ0n) is 9.37. The second-order valence-corrected chi connectivity index (χ2v) is 4.11. The topological polar surface area (TPSA) is 84.2 Å². The molecule has 0 saturated heterocycles. The number of rotatable bonds is 4. The minimum Gasteiger partial charge on any atom is -0.370 e. The van der Waals surface area contributed by atoms with Gasteiger partial charge in [0.15, 0.2) is 0 Å². The summed E-state index contributed by atoms with van der Waals surface area (Å²) in [5, 5.41) is 5.80. The van der Waals surface area contributed by atoms with E-state index in [-0.39, 0.29) is 18.5 Å². The van der Waals surface area contributed by atoms with Crippen LogP contribution in [0.15, 0.2) is 24.3 Å². The van der Waals surface area contributed by atoms with Crippen LogP contribution >= 0.6 is 11.6 Å². The Morgan fingerprint density at radius 1 is 1.35 bits per heavy atom. The van der Waals surface area contributed by atoms with Crippen molar-refractivity contribution in [3.8, 4) is 0 Å². The van der Waals surface area contributed by atoms with Crippen molar-refractivity contribution < 1.29 is 9.59 Å². The molecule has 1 aromatic carbocycles. The fourth-order valence-corrected chi connectivity index (χ4v) is 1.40. The van der Waals surface area contributed by atoms with Crippen molar-refractivity contribution in [2.24, 2.45) is 5.73 Å². The number of nitrogens with one attached hydrogen (secondary N) is 2. The first-order valence-electron chi connectivity index (χ1n) is 5.09. The average Bonchev–Trinajstić information content (AvgIpc) is 2.19. The summed E-state index contributed by atoms with van der Waals surface area (Å²) >= 11 is 5.71. The van der Waals surface area contributed by atoms with Crippen molar-refractivity contribution in [2.75, 3.05) is 5.32 Å². The van der Waals surface area contributed by atoms with Crippen LogP contribution in [0.3, 0.4) is 0 Å². The number of hydrogen-bond donors (Lipinski definition) is 3. The quantitative estimate of drug-likeness (QED) is 0.765. The van der Waals surface area contributed by atoms with E-state index < -0.39 is 5.91 Å². The highest BCUT2D eigenvalue weighted by molar-refractivity contribution is 6.30. The molecule has 5 nitrogen and oxygen atoms in total. The van der Waals surface area contributed by atoms with Gasteiger partial charge in [-0.2, -0.15) is 0 Å². The second-order valence-electron chi connectivity index (χ2n) is 3.68. The molecule has 6 heteroatoms. The lowest BCUT2D eigenvalue weighted by Gasteiger charge is -2.12. The molecule has 1 aromatic rings. The molecule has 1 rings (SSSR count). The first kappa shape index (κ1) is 13.3. The number of carbonyl (C=O) groups excluding carboxylic acids is 2. The Morgan fingerprint density at radius 3 is 2.47 bits per heavy atom. The number of urea groups is 1. The molecule has 0 radical (unpaired) electrons. The molecule has 0 aliphatic rings. The Morgan fingerprint density at radius 2 is 1.94 bits per heavy atom. The maximum Gasteiger partial charge on any atom is 0.319 e. The van der Waals surface area contributed by atoms with Gasteiger partial charge in [0.1, 0.15) is 0 Å². The van der Waals surface area contributed by atoms with E-state index in [4.69, 9.17) is 17.3 Å². The van der Waals surface area contributed by atoms with Crippen molar-refractivity contribution in [3.05, 3.63) is 29.3 Å². The fraction of sp³-hybridized carbons (Fsp3) is 0.273. The normalized spacial score (nSPS) is 11.6. The zero-order chi connectivity index (χ0) is 12.8. The maximum absolute atomic E-state index is 11.5. The number of anilines is 1. The third-order valence-electron chi connectivity index (χ3n) is 1.99. The van der Waals surface area contributed by atoms with E-state index >= 15 is 0 Å². The van der Waals surface area contributed by atoms with Gasteiger partial charge in [-0.15, -0.1) is 0 Å². The lowest BCUT2D eigenvalue weighted by Crippen LogP contribution is -2.38. The van der Waals surface area contributed by atoms with Crippen molar-refractivity contribution in [3.63, 3.8) is 0 Å². The van der Waals surface area contributed by atoms with E-state index in [1.54, 1.807) is 31.2 Å². The van der Waals surface area contributed by atoms with Crippen LogP contribution in [0, 0.1) is 0 Å². The molecule has 3 amide bonds. The lowest BCUT2D eigenvalue weighted by atomic mass is 10.2. The molecular weight excluding hydrogens is 242 g/mol. The predicted molar refractivity (Wildman–Crippen MR) is 66.9 cm³/mol. The second kappa shape index (κ2) is 6.10. The van der Waals surface area contributed by atoms with Crippen molar-refractivity contribution in [1.82, 2.24) is 5.32 Å².